The fourth-order valence-electron chi connectivity index (χ4n) is 3.16. The standard InChI is InChI=1S/C16H18N4O4/c1-8-17-10-4-3-5-11(18-9(2)21)14(10)16(24)20(8)12-6-7-13(22)19-15(12)23/h3-5,8,12,17H,6-7H2,1-2H3,(H,18,21)(H,19,22,23). The lowest BCUT2D eigenvalue weighted by Crippen LogP contribution is -2.60. The quantitative estimate of drug-likeness (QED) is 0.691. The lowest BCUT2D eigenvalue weighted by Gasteiger charge is -2.41. The third-order valence-corrected chi connectivity index (χ3v) is 4.15. The molecule has 0 spiro atoms. The summed E-state index contributed by atoms with van der Waals surface area (Å²) in [5, 5.41) is 8.08. The summed E-state index contributed by atoms with van der Waals surface area (Å²) in [7, 11) is 0. The maximum atomic E-state index is 13.0. The Morgan fingerprint density at radius 2 is 2.04 bits per heavy atom. The van der Waals surface area contributed by atoms with Crippen LogP contribution in [0.5, 0.6) is 0 Å². The highest BCUT2D eigenvalue weighted by atomic mass is 16.2. The maximum Gasteiger partial charge on any atom is 0.260 e. The molecule has 4 amide bonds. The first-order valence-electron chi connectivity index (χ1n) is 7.72. The zero-order valence-electron chi connectivity index (χ0n) is 13.4. The van der Waals surface area contributed by atoms with Gasteiger partial charge in [0.05, 0.1) is 23.1 Å². The third kappa shape index (κ3) is 2.70. The fourth-order valence-corrected chi connectivity index (χ4v) is 3.16. The average molecular weight is 330 g/mol. The van der Waals surface area contributed by atoms with Crippen LogP contribution in [0.3, 0.4) is 0 Å². The Bertz CT molecular complexity index is 746. The van der Waals surface area contributed by atoms with Gasteiger partial charge in [-0.1, -0.05) is 6.07 Å². The third-order valence-electron chi connectivity index (χ3n) is 4.15. The molecule has 0 aromatic heterocycles. The molecule has 0 bridgehead atoms. The molecular weight excluding hydrogens is 312 g/mol. The number of carbonyl (C=O) groups excluding carboxylic acids is 4. The minimum absolute atomic E-state index is 0.188. The molecule has 2 unspecified atom stereocenters. The number of nitrogens with zero attached hydrogens (tertiary/aromatic N) is 1. The van der Waals surface area contributed by atoms with Gasteiger partial charge in [0.2, 0.25) is 17.7 Å². The molecule has 1 aromatic rings. The topological polar surface area (TPSA) is 108 Å². The van der Waals surface area contributed by atoms with Crippen molar-refractivity contribution in [3.63, 3.8) is 0 Å². The minimum atomic E-state index is -0.726. The predicted molar refractivity (Wildman–Crippen MR) is 86.2 cm³/mol. The van der Waals surface area contributed by atoms with Crippen molar-refractivity contribution in [1.82, 2.24) is 10.2 Å². The molecule has 1 saturated heterocycles. The summed E-state index contributed by atoms with van der Waals surface area (Å²) in [6.45, 7) is 3.14. The van der Waals surface area contributed by atoms with Crippen molar-refractivity contribution in [2.75, 3.05) is 10.6 Å². The lowest BCUT2D eigenvalue weighted by molar-refractivity contribution is -0.137. The highest BCUT2D eigenvalue weighted by molar-refractivity contribution is 6.11. The summed E-state index contributed by atoms with van der Waals surface area (Å²) in [4.78, 5) is 49.3. The molecule has 24 heavy (non-hydrogen) atoms. The minimum Gasteiger partial charge on any atom is -0.365 e. The zero-order valence-corrected chi connectivity index (χ0v) is 13.4. The van der Waals surface area contributed by atoms with Crippen LogP contribution in [-0.4, -0.2) is 40.7 Å². The van der Waals surface area contributed by atoms with E-state index in [2.05, 4.69) is 16.0 Å². The van der Waals surface area contributed by atoms with Crippen molar-refractivity contribution in [3.05, 3.63) is 23.8 Å². The van der Waals surface area contributed by atoms with Crippen LogP contribution in [0.25, 0.3) is 0 Å². The van der Waals surface area contributed by atoms with Gasteiger partial charge >= 0.3 is 0 Å². The van der Waals surface area contributed by atoms with Gasteiger partial charge in [-0.25, -0.2) is 0 Å². The van der Waals surface area contributed by atoms with Gasteiger partial charge in [0.1, 0.15) is 6.04 Å². The van der Waals surface area contributed by atoms with E-state index >= 15 is 0 Å². The molecule has 0 aliphatic carbocycles. The van der Waals surface area contributed by atoms with Crippen LogP contribution in [0.4, 0.5) is 11.4 Å². The molecule has 1 fully saturated rings. The Kier molecular flexibility index (Phi) is 3.96. The SMILES string of the molecule is CC(=O)Nc1cccc2c1C(=O)N(C1CCC(=O)NC1=O)C(C)N2. The van der Waals surface area contributed by atoms with Crippen LogP contribution in [0, 0.1) is 0 Å². The Labute approximate surface area is 138 Å². The largest absolute Gasteiger partial charge is 0.365 e. The van der Waals surface area contributed by atoms with Gasteiger partial charge in [0, 0.05) is 13.3 Å². The van der Waals surface area contributed by atoms with E-state index in [1.54, 1.807) is 25.1 Å². The van der Waals surface area contributed by atoms with Crippen molar-refractivity contribution in [3.8, 4) is 0 Å². The van der Waals surface area contributed by atoms with E-state index in [1.165, 1.54) is 11.8 Å². The van der Waals surface area contributed by atoms with E-state index in [0.717, 1.165) is 0 Å². The van der Waals surface area contributed by atoms with Crippen molar-refractivity contribution >= 4 is 35.0 Å². The van der Waals surface area contributed by atoms with E-state index in [0.29, 0.717) is 16.9 Å². The van der Waals surface area contributed by atoms with Gasteiger partial charge in [0.25, 0.3) is 5.91 Å². The molecule has 126 valence electrons. The first kappa shape index (κ1) is 16.0. The first-order valence-corrected chi connectivity index (χ1v) is 7.72. The van der Waals surface area contributed by atoms with Crippen molar-refractivity contribution in [2.24, 2.45) is 0 Å². The number of hydrogen-bond donors (Lipinski definition) is 3. The molecule has 0 saturated carbocycles. The predicted octanol–water partition coefficient (Wildman–Crippen LogP) is 0.664. The second kappa shape index (κ2) is 5.95. The van der Waals surface area contributed by atoms with Crippen molar-refractivity contribution in [1.29, 1.82) is 0 Å². The first-order chi connectivity index (χ1) is 11.4. The molecule has 0 radical (unpaired) electrons. The van der Waals surface area contributed by atoms with Crippen LogP contribution in [0.2, 0.25) is 0 Å². The molecule has 2 heterocycles. The number of imide groups is 1. The lowest BCUT2D eigenvalue weighted by atomic mass is 9.99. The highest BCUT2D eigenvalue weighted by Gasteiger charge is 2.41. The van der Waals surface area contributed by atoms with Crippen molar-refractivity contribution in [2.45, 2.75) is 38.9 Å². The van der Waals surface area contributed by atoms with Crippen LogP contribution in [0.15, 0.2) is 18.2 Å². The number of anilines is 2. The number of piperidine rings is 1. The maximum absolute atomic E-state index is 13.0. The van der Waals surface area contributed by atoms with Gasteiger partial charge < -0.3 is 15.5 Å². The Morgan fingerprint density at radius 3 is 2.71 bits per heavy atom. The van der Waals surface area contributed by atoms with Crippen molar-refractivity contribution < 1.29 is 19.2 Å². The van der Waals surface area contributed by atoms with Gasteiger partial charge in [-0.15, -0.1) is 0 Å². The number of nitrogens with one attached hydrogen (secondary N) is 3. The molecule has 3 N–H and O–H groups in total. The summed E-state index contributed by atoms with van der Waals surface area (Å²) < 4.78 is 0. The monoisotopic (exact) mass is 330 g/mol. The Morgan fingerprint density at radius 1 is 1.29 bits per heavy atom. The van der Waals surface area contributed by atoms with Crippen LogP contribution < -0.4 is 16.0 Å². The van der Waals surface area contributed by atoms with Crippen LogP contribution in [-0.2, 0) is 14.4 Å². The smallest absolute Gasteiger partial charge is 0.260 e. The number of benzene rings is 1. The molecule has 8 heteroatoms. The normalized spacial score (nSPS) is 23.2. The van der Waals surface area contributed by atoms with E-state index in [1.807, 2.05) is 0 Å². The Balaban J connectivity index is 1.98. The van der Waals surface area contributed by atoms with Crippen LogP contribution >= 0.6 is 0 Å². The molecule has 8 nitrogen and oxygen atoms in total. The number of fused-ring (bicyclic) bond motifs is 1. The summed E-state index contributed by atoms with van der Waals surface area (Å²) in [5.74, 6) is -1.45. The van der Waals surface area contributed by atoms with E-state index in [-0.39, 0.29) is 30.6 Å². The number of amides is 4. The molecule has 3 rings (SSSR count). The molecular formula is C16H18N4O4. The second-order valence-corrected chi connectivity index (χ2v) is 5.91. The average Bonchev–Trinajstić information content (AvgIpc) is 2.48. The number of rotatable bonds is 2. The molecule has 2 atom stereocenters. The molecule has 2 aliphatic rings. The van der Waals surface area contributed by atoms with Gasteiger partial charge in [-0.3, -0.25) is 24.5 Å². The second-order valence-electron chi connectivity index (χ2n) is 5.91. The van der Waals surface area contributed by atoms with Crippen LogP contribution in [0.1, 0.15) is 37.0 Å². The number of carbonyl (C=O) groups is 4. The van der Waals surface area contributed by atoms with Gasteiger partial charge in [-0.2, -0.15) is 0 Å². The number of hydrogen-bond acceptors (Lipinski definition) is 5. The molecule has 1 aromatic carbocycles. The van der Waals surface area contributed by atoms with E-state index in [9.17, 15) is 19.2 Å². The fraction of sp³-hybridized carbons (Fsp3) is 0.375. The van der Waals surface area contributed by atoms with E-state index in [4.69, 9.17) is 0 Å². The Hall–Kier alpha value is -2.90. The summed E-state index contributed by atoms with van der Waals surface area (Å²) in [5.41, 5.74) is 1.31. The van der Waals surface area contributed by atoms with Gasteiger partial charge in [0.15, 0.2) is 0 Å². The zero-order chi connectivity index (χ0) is 17.4. The summed E-state index contributed by atoms with van der Waals surface area (Å²) in [6.07, 6.45) is 0.0502. The van der Waals surface area contributed by atoms with Gasteiger partial charge in [-0.05, 0) is 25.5 Å². The summed E-state index contributed by atoms with van der Waals surface area (Å²) >= 11 is 0. The van der Waals surface area contributed by atoms with E-state index < -0.39 is 18.1 Å². The highest BCUT2D eigenvalue weighted by Crippen LogP contribution is 2.33. The summed E-state index contributed by atoms with van der Waals surface area (Å²) in [6, 6.07) is 4.39. The molecule has 2 aliphatic heterocycles.